The molecule has 0 aromatic rings. The Labute approximate surface area is 108 Å². The van der Waals surface area contributed by atoms with Crippen LogP contribution in [0.1, 0.15) is 13.8 Å². The highest BCUT2D eigenvalue weighted by atomic mass is 35.5. The number of hydrogen-bond donors (Lipinski definition) is 0. The lowest BCUT2D eigenvalue weighted by Gasteiger charge is -2.21. The Balaban J connectivity index is 3.96. The average molecular weight is 298 g/mol. The summed E-state index contributed by atoms with van der Waals surface area (Å²) in [5, 5.41) is 0.472. The molecule has 0 aliphatic heterocycles. The van der Waals surface area contributed by atoms with Crippen LogP contribution in [0.25, 0.3) is 0 Å². The van der Waals surface area contributed by atoms with Gasteiger partial charge in [0.2, 0.25) is 0 Å². The minimum absolute atomic E-state index is 0.0635. The van der Waals surface area contributed by atoms with Crippen molar-refractivity contribution in [3.05, 3.63) is 0 Å². The SMILES string of the molecule is CC(Cl)CP(CC(C)Cl)CC(Cl)CCl. The second-order valence-corrected chi connectivity index (χ2v) is 8.38. The normalized spacial score (nSPS) is 20.1. The summed E-state index contributed by atoms with van der Waals surface area (Å²) in [6.07, 6.45) is 3.01. The zero-order chi connectivity index (χ0) is 11.1. The summed E-state index contributed by atoms with van der Waals surface area (Å²) in [6.45, 7) is 4.03. The molecule has 0 N–H and O–H groups in total. The van der Waals surface area contributed by atoms with Crippen molar-refractivity contribution in [3.63, 3.8) is 0 Å². The van der Waals surface area contributed by atoms with E-state index in [2.05, 4.69) is 0 Å². The van der Waals surface area contributed by atoms with Crippen LogP contribution >= 0.6 is 54.3 Å². The molecule has 0 aromatic carbocycles. The summed E-state index contributed by atoms with van der Waals surface area (Å²) in [7, 11) is -0.165. The van der Waals surface area contributed by atoms with Gasteiger partial charge in [0, 0.05) is 16.6 Å². The van der Waals surface area contributed by atoms with Crippen molar-refractivity contribution in [2.24, 2.45) is 0 Å². The summed E-state index contributed by atoms with van der Waals surface area (Å²) in [5.74, 6) is 0.508. The monoisotopic (exact) mass is 296 g/mol. The van der Waals surface area contributed by atoms with E-state index in [1.54, 1.807) is 0 Å². The molecule has 0 rings (SSSR count). The molecule has 0 amide bonds. The summed E-state index contributed by atoms with van der Waals surface area (Å²) in [6, 6.07) is 0. The van der Waals surface area contributed by atoms with Crippen LogP contribution in [0.5, 0.6) is 0 Å². The minimum atomic E-state index is -0.165. The van der Waals surface area contributed by atoms with Gasteiger partial charge in [-0.25, -0.2) is 0 Å². The fourth-order valence-electron chi connectivity index (χ4n) is 1.26. The van der Waals surface area contributed by atoms with Crippen LogP contribution in [0.4, 0.5) is 0 Å². The highest BCUT2D eigenvalue weighted by Crippen LogP contribution is 2.40. The van der Waals surface area contributed by atoms with Crippen LogP contribution in [-0.2, 0) is 0 Å². The molecule has 0 aromatic heterocycles. The third-order valence-corrected chi connectivity index (χ3v) is 6.52. The van der Waals surface area contributed by atoms with Gasteiger partial charge in [0.05, 0.1) is 5.38 Å². The highest BCUT2D eigenvalue weighted by molar-refractivity contribution is 7.58. The Kier molecular flexibility index (Phi) is 9.70. The zero-order valence-electron chi connectivity index (χ0n) is 8.52. The van der Waals surface area contributed by atoms with Crippen LogP contribution in [0.2, 0.25) is 0 Å². The quantitative estimate of drug-likeness (QED) is 0.477. The first-order valence-electron chi connectivity index (χ1n) is 4.66. The highest BCUT2D eigenvalue weighted by Gasteiger charge is 2.17. The van der Waals surface area contributed by atoms with Crippen LogP contribution in [0.3, 0.4) is 0 Å². The smallest absolute Gasteiger partial charge is 0.0510 e. The molecule has 0 aliphatic rings. The second kappa shape index (κ2) is 8.71. The summed E-state index contributed by atoms with van der Waals surface area (Å²) >= 11 is 23.7. The maximum absolute atomic E-state index is 6.02. The number of halogens is 4. The minimum Gasteiger partial charge on any atom is -0.125 e. The molecule has 0 saturated heterocycles. The summed E-state index contributed by atoms with van der Waals surface area (Å²) < 4.78 is 0. The molecule has 0 heterocycles. The first kappa shape index (κ1) is 15.6. The molecular formula is C9H17Cl4P. The van der Waals surface area contributed by atoms with E-state index in [1.807, 2.05) is 13.8 Å². The van der Waals surface area contributed by atoms with Gasteiger partial charge in [-0.05, 0) is 32.3 Å². The molecule has 0 nitrogen and oxygen atoms in total. The zero-order valence-corrected chi connectivity index (χ0v) is 12.4. The van der Waals surface area contributed by atoms with Gasteiger partial charge in [0.25, 0.3) is 0 Å². The molecule has 0 saturated carbocycles. The van der Waals surface area contributed by atoms with Crippen LogP contribution in [0, 0.1) is 0 Å². The number of hydrogen-bond acceptors (Lipinski definition) is 0. The Morgan fingerprint density at radius 2 is 1.36 bits per heavy atom. The topological polar surface area (TPSA) is 0 Å². The Hall–Kier alpha value is 1.59. The number of rotatable bonds is 7. The Morgan fingerprint density at radius 1 is 0.929 bits per heavy atom. The van der Waals surface area contributed by atoms with E-state index in [0.717, 1.165) is 18.5 Å². The standard InChI is InChI=1S/C9H17Cl4P/c1-7(11)4-14(5-8(2)12)6-9(13)3-10/h7-9H,3-6H2,1-2H3. The molecule has 14 heavy (non-hydrogen) atoms. The fraction of sp³-hybridized carbons (Fsp3) is 1.00. The van der Waals surface area contributed by atoms with E-state index in [1.165, 1.54) is 0 Å². The first-order valence-corrected chi connectivity index (χ1v) is 8.40. The third-order valence-electron chi connectivity index (χ3n) is 1.64. The lowest BCUT2D eigenvalue weighted by molar-refractivity contribution is 1.03. The maximum atomic E-state index is 6.02. The van der Waals surface area contributed by atoms with Gasteiger partial charge < -0.3 is 0 Å². The van der Waals surface area contributed by atoms with E-state index in [-0.39, 0.29) is 24.1 Å². The average Bonchev–Trinajstić information content (AvgIpc) is 2.01. The van der Waals surface area contributed by atoms with Crippen molar-refractivity contribution in [1.29, 1.82) is 0 Å². The van der Waals surface area contributed by atoms with E-state index in [9.17, 15) is 0 Å². The Morgan fingerprint density at radius 3 is 1.64 bits per heavy atom. The van der Waals surface area contributed by atoms with Gasteiger partial charge in [-0.1, -0.05) is 0 Å². The van der Waals surface area contributed by atoms with Crippen LogP contribution < -0.4 is 0 Å². The van der Waals surface area contributed by atoms with Gasteiger partial charge in [0.15, 0.2) is 0 Å². The molecule has 0 aliphatic carbocycles. The largest absolute Gasteiger partial charge is 0.125 e. The van der Waals surface area contributed by atoms with Gasteiger partial charge in [-0.15, -0.1) is 54.3 Å². The predicted molar refractivity (Wildman–Crippen MR) is 72.5 cm³/mol. The van der Waals surface area contributed by atoms with Crippen molar-refractivity contribution >= 4 is 54.3 Å². The van der Waals surface area contributed by atoms with Gasteiger partial charge in [0.1, 0.15) is 0 Å². The van der Waals surface area contributed by atoms with E-state index in [4.69, 9.17) is 46.4 Å². The van der Waals surface area contributed by atoms with Crippen molar-refractivity contribution in [1.82, 2.24) is 0 Å². The molecule has 0 radical (unpaired) electrons. The Bertz CT molecular complexity index is 131. The number of alkyl halides is 4. The van der Waals surface area contributed by atoms with Crippen molar-refractivity contribution in [2.75, 3.05) is 24.4 Å². The van der Waals surface area contributed by atoms with Crippen LogP contribution in [0.15, 0.2) is 0 Å². The molecule has 3 atom stereocenters. The summed E-state index contributed by atoms with van der Waals surface area (Å²) in [5.41, 5.74) is 0. The lowest BCUT2D eigenvalue weighted by atomic mass is 10.5. The molecule has 3 unspecified atom stereocenters. The molecule has 0 spiro atoms. The molecule has 0 fully saturated rings. The van der Waals surface area contributed by atoms with E-state index < -0.39 is 0 Å². The lowest BCUT2D eigenvalue weighted by Crippen LogP contribution is -2.14. The van der Waals surface area contributed by atoms with Gasteiger partial charge >= 0.3 is 0 Å². The summed E-state index contributed by atoms with van der Waals surface area (Å²) in [4.78, 5) is 0. The molecular weight excluding hydrogens is 281 g/mol. The van der Waals surface area contributed by atoms with Crippen molar-refractivity contribution in [3.8, 4) is 0 Å². The molecule has 5 heteroatoms. The molecule has 86 valence electrons. The fourth-order valence-corrected chi connectivity index (χ4v) is 5.84. The first-order chi connectivity index (χ1) is 6.45. The van der Waals surface area contributed by atoms with Gasteiger partial charge in [-0.3, -0.25) is 0 Å². The predicted octanol–water partition coefficient (Wildman–Crippen LogP) is 4.57. The van der Waals surface area contributed by atoms with Crippen molar-refractivity contribution in [2.45, 2.75) is 30.0 Å². The van der Waals surface area contributed by atoms with E-state index >= 15 is 0 Å². The maximum Gasteiger partial charge on any atom is 0.0510 e. The van der Waals surface area contributed by atoms with E-state index in [0.29, 0.717) is 5.88 Å². The van der Waals surface area contributed by atoms with Crippen LogP contribution in [-0.4, -0.2) is 40.5 Å². The second-order valence-electron chi connectivity index (χ2n) is 3.53. The molecule has 0 bridgehead atoms. The van der Waals surface area contributed by atoms with Gasteiger partial charge in [-0.2, -0.15) is 0 Å². The third kappa shape index (κ3) is 8.86. The van der Waals surface area contributed by atoms with Crippen molar-refractivity contribution < 1.29 is 0 Å².